The summed E-state index contributed by atoms with van der Waals surface area (Å²) in [4.78, 5) is 0. The van der Waals surface area contributed by atoms with Crippen LogP contribution < -0.4 is 0 Å². The van der Waals surface area contributed by atoms with Crippen LogP contribution in [0, 0.1) is 13.8 Å². The molecule has 0 aromatic carbocycles. The minimum atomic E-state index is 0. The Morgan fingerprint density at radius 2 is 2.12 bits per heavy atom. The summed E-state index contributed by atoms with van der Waals surface area (Å²) in [6.45, 7) is 5.12. The van der Waals surface area contributed by atoms with Gasteiger partial charge in [-0.1, -0.05) is 0 Å². The van der Waals surface area contributed by atoms with Crippen molar-refractivity contribution in [2.75, 3.05) is 0 Å². The van der Waals surface area contributed by atoms with Crippen LogP contribution in [0.1, 0.15) is 11.8 Å². The molecule has 3 nitrogen and oxygen atoms in total. The fraction of sp³-hybridized carbons (Fsp3) is 0.250. The van der Waals surface area contributed by atoms with E-state index < -0.39 is 0 Å². The maximum absolute atomic E-state index is 4.75. The van der Waals surface area contributed by atoms with Crippen molar-refractivity contribution in [2.24, 2.45) is 0 Å². The monoisotopic (exact) mass is 186 g/mol. The molecule has 0 bridgehead atoms. The molecule has 0 atom stereocenters. The van der Waals surface area contributed by atoms with Crippen LogP contribution in [-0.2, 0) is 32.7 Å². The molecule has 0 saturated carbocycles. The summed E-state index contributed by atoms with van der Waals surface area (Å²) >= 11 is 0. The van der Waals surface area contributed by atoms with Crippen molar-refractivity contribution in [3.63, 3.8) is 0 Å². The molecule has 0 spiro atoms. The number of hydrogen-bond acceptors (Lipinski definition) is 3. The van der Waals surface area contributed by atoms with Gasteiger partial charge >= 0.3 is 0 Å². The molecular formula is C4H5N2OY-. The van der Waals surface area contributed by atoms with Gasteiger partial charge in [0.2, 0.25) is 5.89 Å². The van der Waals surface area contributed by atoms with E-state index in [2.05, 4.69) is 17.1 Å². The Bertz CT molecular complexity index is 146. The SMILES string of the molecule is [CH2-]c1nnc(C)o1.[Y]. The standard InChI is InChI=1S/C4H5N2O.Y/c1-3-5-6-4(2)7-3;/h1H2,2H3;/q-1;. The predicted octanol–water partition coefficient (Wildman–Crippen LogP) is 0.558. The van der Waals surface area contributed by atoms with Crippen molar-refractivity contribution in [1.29, 1.82) is 0 Å². The van der Waals surface area contributed by atoms with Gasteiger partial charge in [0.05, 0.1) is 5.89 Å². The van der Waals surface area contributed by atoms with E-state index in [1.165, 1.54) is 0 Å². The van der Waals surface area contributed by atoms with Crippen LogP contribution in [0.15, 0.2) is 4.42 Å². The zero-order chi connectivity index (χ0) is 5.28. The fourth-order valence-electron chi connectivity index (χ4n) is 0.338. The van der Waals surface area contributed by atoms with Crippen molar-refractivity contribution in [1.82, 2.24) is 10.2 Å². The van der Waals surface area contributed by atoms with Crippen LogP contribution in [0.25, 0.3) is 0 Å². The zero-order valence-corrected chi connectivity index (χ0v) is 7.43. The maximum Gasteiger partial charge on any atom is 0.209 e. The molecule has 1 aromatic heterocycles. The average Bonchev–Trinajstić information content (AvgIpc) is 1.87. The fourth-order valence-corrected chi connectivity index (χ4v) is 0.338. The molecule has 1 radical (unpaired) electrons. The number of hydrogen-bond donors (Lipinski definition) is 0. The van der Waals surface area contributed by atoms with Crippen molar-refractivity contribution in [3.05, 3.63) is 18.7 Å². The van der Waals surface area contributed by atoms with Gasteiger partial charge in [0.15, 0.2) is 0 Å². The topological polar surface area (TPSA) is 38.9 Å². The molecule has 1 heterocycles. The van der Waals surface area contributed by atoms with Crippen LogP contribution >= 0.6 is 0 Å². The van der Waals surface area contributed by atoms with E-state index in [-0.39, 0.29) is 32.7 Å². The van der Waals surface area contributed by atoms with Gasteiger partial charge in [-0.2, -0.15) is 0 Å². The van der Waals surface area contributed by atoms with Gasteiger partial charge in [-0.25, -0.2) is 0 Å². The van der Waals surface area contributed by atoms with Crippen molar-refractivity contribution >= 4 is 0 Å². The molecule has 0 amide bonds. The van der Waals surface area contributed by atoms with Crippen LogP contribution in [0.5, 0.6) is 0 Å². The summed E-state index contributed by atoms with van der Waals surface area (Å²) in [6.07, 6.45) is 0. The van der Waals surface area contributed by atoms with E-state index in [4.69, 9.17) is 4.42 Å². The quantitative estimate of drug-likeness (QED) is 0.555. The average molecular weight is 186 g/mol. The van der Waals surface area contributed by atoms with Crippen LogP contribution in [0.3, 0.4) is 0 Å². The number of rotatable bonds is 0. The summed E-state index contributed by atoms with van der Waals surface area (Å²) < 4.78 is 4.75. The molecule has 41 valence electrons. The molecular weight excluding hydrogens is 181 g/mol. The summed E-state index contributed by atoms with van der Waals surface area (Å²) in [5.74, 6) is 0.933. The Kier molecular flexibility index (Phi) is 3.25. The molecule has 0 aliphatic carbocycles. The van der Waals surface area contributed by atoms with E-state index >= 15 is 0 Å². The molecule has 4 heteroatoms. The second-order valence-corrected chi connectivity index (χ2v) is 1.21. The van der Waals surface area contributed by atoms with E-state index in [0.717, 1.165) is 0 Å². The smallest absolute Gasteiger partial charge is 0.209 e. The summed E-state index contributed by atoms with van der Waals surface area (Å²) in [7, 11) is 0. The van der Waals surface area contributed by atoms with Gasteiger partial charge in [-0.15, -0.1) is 10.2 Å². The van der Waals surface area contributed by atoms with Crippen LogP contribution in [-0.4, -0.2) is 10.2 Å². The largest absolute Gasteiger partial charge is 0.456 e. The maximum atomic E-state index is 4.75. The number of aromatic nitrogens is 2. The first kappa shape index (κ1) is 8.11. The first-order valence-corrected chi connectivity index (χ1v) is 1.91. The molecule has 0 aliphatic heterocycles. The first-order chi connectivity index (χ1) is 3.29. The molecule has 0 unspecified atom stereocenters. The second kappa shape index (κ2) is 3.20. The van der Waals surface area contributed by atoms with E-state index in [9.17, 15) is 0 Å². The molecule has 0 fully saturated rings. The first-order valence-electron chi connectivity index (χ1n) is 1.91. The summed E-state index contributed by atoms with van der Waals surface area (Å²) in [6, 6.07) is 0. The molecule has 0 saturated heterocycles. The minimum absolute atomic E-state index is 0. The molecule has 1 rings (SSSR count). The Morgan fingerprint density at radius 1 is 1.50 bits per heavy atom. The predicted molar refractivity (Wildman–Crippen MR) is 23.5 cm³/mol. The third kappa shape index (κ3) is 1.92. The molecule has 8 heavy (non-hydrogen) atoms. The normalized spacial score (nSPS) is 8.12. The van der Waals surface area contributed by atoms with Crippen molar-refractivity contribution < 1.29 is 37.1 Å². The third-order valence-corrected chi connectivity index (χ3v) is 0.568. The van der Waals surface area contributed by atoms with Crippen molar-refractivity contribution in [2.45, 2.75) is 6.92 Å². The number of aryl methyl sites for hydroxylation is 1. The third-order valence-electron chi connectivity index (χ3n) is 0.568. The Balaban J connectivity index is 0.000000490. The zero-order valence-electron chi connectivity index (χ0n) is 4.59. The van der Waals surface area contributed by atoms with Gasteiger partial charge in [0.1, 0.15) is 0 Å². The van der Waals surface area contributed by atoms with Gasteiger partial charge < -0.3 is 11.3 Å². The molecule has 0 N–H and O–H groups in total. The Morgan fingerprint density at radius 3 is 2.25 bits per heavy atom. The molecule has 1 aromatic rings. The van der Waals surface area contributed by atoms with E-state index in [1.54, 1.807) is 6.92 Å². The van der Waals surface area contributed by atoms with Crippen LogP contribution in [0.4, 0.5) is 0 Å². The van der Waals surface area contributed by atoms with Crippen molar-refractivity contribution in [3.8, 4) is 0 Å². The molecule has 0 aliphatic rings. The van der Waals surface area contributed by atoms with E-state index in [0.29, 0.717) is 11.8 Å². The summed E-state index contributed by atoms with van der Waals surface area (Å²) in [5.41, 5.74) is 0. The van der Waals surface area contributed by atoms with E-state index in [1.807, 2.05) is 0 Å². The minimum Gasteiger partial charge on any atom is -0.456 e. The second-order valence-electron chi connectivity index (χ2n) is 1.21. The van der Waals surface area contributed by atoms with Gasteiger partial charge in [-0.3, -0.25) is 0 Å². The summed E-state index contributed by atoms with van der Waals surface area (Å²) in [5, 5.41) is 7.03. The van der Waals surface area contributed by atoms with Gasteiger partial charge in [0, 0.05) is 39.6 Å². The Hall–Kier alpha value is 0.114. The van der Waals surface area contributed by atoms with Gasteiger partial charge in [0.25, 0.3) is 0 Å². The number of nitrogens with zero attached hydrogens (tertiary/aromatic N) is 2. The van der Waals surface area contributed by atoms with Crippen LogP contribution in [0.2, 0.25) is 0 Å². The Labute approximate surface area is 72.7 Å². The van der Waals surface area contributed by atoms with Gasteiger partial charge in [-0.05, 0) is 0 Å².